The first kappa shape index (κ1) is 19.9. The molecule has 0 N–H and O–H groups in total. The lowest BCUT2D eigenvalue weighted by molar-refractivity contribution is -0.112. The third kappa shape index (κ3) is 4.28. The summed E-state index contributed by atoms with van der Waals surface area (Å²) < 4.78 is 37.5. The van der Waals surface area contributed by atoms with Gasteiger partial charge in [0, 0.05) is 22.3 Å². The van der Waals surface area contributed by atoms with Gasteiger partial charge in [0.15, 0.2) is 11.5 Å². The van der Waals surface area contributed by atoms with Gasteiger partial charge in [-0.25, -0.2) is 4.39 Å². The molecular formula is C24H21FO5. The van der Waals surface area contributed by atoms with Crippen molar-refractivity contribution in [3.63, 3.8) is 0 Å². The van der Waals surface area contributed by atoms with Crippen molar-refractivity contribution in [3.05, 3.63) is 88.7 Å². The second-order valence-corrected chi connectivity index (χ2v) is 6.77. The molecule has 0 saturated heterocycles. The van der Waals surface area contributed by atoms with E-state index in [9.17, 15) is 9.18 Å². The minimum absolute atomic E-state index is 0.0715. The number of halogens is 1. The van der Waals surface area contributed by atoms with E-state index in [-0.39, 0.29) is 19.0 Å². The highest BCUT2D eigenvalue weighted by Crippen LogP contribution is 2.37. The van der Waals surface area contributed by atoms with Gasteiger partial charge >= 0.3 is 0 Å². The quantitative estimate of drug-likeness (QED) is 0.502. The SMILES string of the molecule is CCOc1cc(C=O)ccc1OCc1cc(F)cc2c1O[C@H](c1ccccc1)OC2. The number of hydrogen-bond acceptors (Lipinski definition) is 5. The van der Waals surface area contributed by atoms with Crippen LogP contribution in [0, 0.1) is 5.82 Å². The Morgan fingerprint density at radius 3 is 2.67 bits per heavy atom. The summed E-state index contributed by atoms with van der Waals surface area (Å²) in [5.41, 5.74) is 2.56. The van der Waals surface area contributed by atoms with Crippen molar-refractivity contribution < 1.29 is 28.1 Å². The summed E-state index contributed by atoms with van der Waals surface area (Å²) in [5.74, 6) is 1.09. The van der Waals surface area contributed by atoms with Crippen LogP contribution in [0.5, 0.6) is 17.2 Å². The largest absolute Gasteiger partial charge is 0.490 e. The molecule has 0 spiro atoms. The molecule has 1 aliphatic rings. The van der Waals surface area contributed by atoms with Crippen molar-refractivity contribution in [2.24, 2.45) is 0 Å². The van der Waals surface area contributed by atoms with E-state index in [1.165, 1.54) is 12.1 Å². The molecule has 4 rings (SSSR count). The maximum absolute atomic E-state index is 14.2. The van der Waals surface area contributed by atoms with E-state index in [4.69, 9.17) is 18.9 Å². The zero-order valence-electron chi connectivity index (χ0n) is 16.5. The molecule has 154 valence electrons. The van der Waals surface area contributed by atoms with E-state index in [0.29, 0.717) is 40.5 Å². The topological polar surface area (TPSA) is 54.0 Å². The molecule has 0 amide bonds. The molecule has 1 aliphatic heterocycles. The van der Waals surface area contributed by atoms with Gasteiger partial charge in [0.05, 0.1) is 13.2 Å². The molecule has 0 saturated carbocycles. The number of ether oxygens (including phenoxy) is 4. The number of hydrogen-bond donors (Lipinski definition) is 0. The maximum Gasteiger partial charge on any atom is 0.227 e. The molecule has 3 aromatic carbocycles. The number of carbonyl (C=O) groups is 1. The minimum atomic E-state index is -0.575. The highest BCUT2D eigenvalue weighted by molar-refractivity contribution is 5.76. The van der Waals surface area contributed by atoms with Crippen LogP contribution in [0.15, 0.2) is 60.7 Å². The Morgan fingerprint density at radius 2 is 1.90 bits per heavy atom. The normalized spacial score (nSPS) is 15.1. The number of rotatable bonds is 7. The summed E-state index contributed by atoms with van der Waals surface area (Å²) in [7, 11) is 0. The van der Waals surface area contributed by atoms with Crippen molar-refractivity contribution in [2.45, 2.75) is 26.4 Å². The van der Waals surface area contributed by atoms with Gasteiger partial charge in [-0.15, -0.1) is 0 Å². The first-order chi connectivity index (χ1) is 14.7. The Labute approximate surface area is 174 Å². The van der Waals surface area contributed by atoms with Crippen LogP contribution < -0.4 is 14.2 Å². The predicted octanol–water partition coefficient (Wildman–Crippen LogP) is 5.22. The molecule has 1 atom stereocenters. The van der Waals surface area contributed by atoms with Crippen molar-refractivity contribution in [1.82, 2.24) is 0 Å². The van der Waals surface area contributed by atoms with Gasteiger partial charge in [-0.3, -0.25) is 4.79 Å². The summed E-state index contributed by atoms with van der Waals surface area (Å²) in [6, 6.07) is 17.3. The van der Waals surface area contributed by atoms with Gasteiger partial charge < -0.3 is 18.9 Å². The summed E-state index contributed by atoms with van der Waals surface area (Å²) >= 11 is 0. The fourth-order valence-corrected chi connectivity index (χ4v) is 3.30. The molecule has 0 aliphatic carbocycles. The Bertz CT molecular complexity index is 1040. The van der Waals surface area contributed by atoms with E-state index < -0.39 is 6.29 Å². The minimum Gasteiger partial charge on any atom is -0.490 e. The lowest BCUT2D eigenvalue weighted by Crippen LogP contribution is -2.19. The summed E-state index contributed by atoms with van der Waals surface area (Å²) in [4.78, 5) is 11.0. The molecule has 6 heteroatoms. The van der Waals surface area contributed by atoms with Crippen LogP contribution in [0.25, 0.3) is 0 Å². The Balaban J connectivity index is 1.59. The predicted molar refractivity (Wildman–Crippen MR) is 108 cm³/mol. The summed E-state index contributed by atoms with van der Waals surface area (Å²) in [6.45, 7) is 2.57. The highest BCUT2D eigenvalue weighted by atomic mass is 19.1. The average molecular weight is 408 g/mol. The molecule has 1 heterocycles. The number of aldehydes is 1. The van der Waals surface area contributed by atoms with Crippen molar-refractivity contribution in [2.75, 3.05) is 6.61 Å². The molecule has 0 radical (unpaired) electrons. The van der Waals surface area contributed by atoms with Crippen LogP contribution in [-0.2, 0) is 18.0 Å². The van der Waals surface area contributed by atoms with Crippen LogP contribution in [-0.4, -0.2) is 12.9 Å². The van der Waals surface area contributed by atoms with Gasteiger partial charge in [0.25, 0.3) is 0 Å². The maximum atomic E-state index is 14.2. The van der Waals surface area contributed by atoms with Crippen LogP contribution in [0.2, 0.25) is 0 Å². The molecule has 30 heavy (non-hydrogen) atoms. The second kappa shape index (κ2) is 8.97. The van der Waals surface area contributed by atoms with Gasteiger partial charge in [0.2, 0.25) is 6.29 Å². The zero-order chi connectivity index (χ0) is 20.9. The monoisotopic (exact) mass is 408 g/mol. The van der Waals surface area contributed by atoms with E-state index in [1.54, 1.807) is 18.2 Å². The first-order valence-electron chi connectivity index (χ1n) is 9.67. The molecular weight excluding hydrogens is 387 g/mol. The first-order valence-corrected chi connectivity index (χ1v) is 9.67. The Hall–Kier alpha value is -3.38. The van der Waals surface area contributed by atoms with E-state index in [1.807, 2.05) is 37.3 Å². The number of fused-ring (bicyclic) bond motifs is 1. The molecule has 5 nitrogen and oxygen atoms in total. The smallest absolute Gasteiger partial charge is 0.227 e. The van der Waals surface area contributed by atoms with E-state index in [0.717, 1.165) is 11.8 Å². The average Bonchev–Trinajstić information content (AvgIpc) is 2.78. The van der Waals surface area contributed by atoms with Gasteiger partial charge in [0.1, 0.15) is 24.5 Å². The van der Waals surface area contributed by atoms with Crippen LogP contribution >= 0.6 is 0 Å². The van der Waals surface area contributed by atoms with Crippen LogP contribution in [0.3, 0.4) is 0 Å². The summed E-state index contributed by atoms with van der Waals surface area (Å²) in [5, 5.41) is 0. The van der Waals surface area contributed by atoms with Crippen molar-refractivity contribution >= 4 is 6.29 Å². The van der Waals surface area contributed by atoms with Gasteiger partial charge in [-0.2, -0.15) is 0 Å². The van der Waals surface area contributed by atoms with E-state index >= 15 is 0 Å². The van der Waals surface area contributed by atoms with Crippen LogP contribution in [0.4, 0.5) is 4.39 Å². The second-order valence-electron chi connectivity index (χ2n) is 6.77. The molecule has 0 fully saturated rings. The van der Waals surface area contributed by atoms with Crippen LogP contribution in [0.1, 0.15) is 40.3 Å². The Morgan fingerprint density at radius 1 is 1.07 bits per heavy atom. The number of carbonyl (C=O) groups excluding carboxylic acids is 1. The fraction of sp³-hybridized carbons (Fsp3) is 0.208. The zero-order valence-corrected chi connectivity index (χ0v) is 16.5. The third-order valence-electron chi connectivity index (χ3n) is 4.68. The van der Waals surface area contributed by atoms with Gasteiger partial charge in [-0.05, 0) is 37.3 Å². The standard InChI is InChI=1S/C24H21FO5/c1-2-27-22-10-16(13-26)8-9-21(22)28-14-18-11-20(25)12-19-15-29-24(30-23(18)19)17-6-4-3-5-7-17/h3-13,24H,2,14-15H2,1H3/t24-/m1/s1. The van der Waals surface area contributed by atoms with Crippen molar-refractivity contribution in [3.8, 4) is 17.2 Å². The molecule has 0 aromatic heterocycles. The fourth-order valence-electron chi connectivity index (χ4n) is 3.30. The van der Waals surface area contributed by atoms with Crippen molar-refractivity contribution in [1.29, 1.82) is 0 Å². The summed E-state index contributed by atoms with van der Waals surface area (Å²) in [6.07, 6.45) is 0.168. The van der Waals surface area contributed by atoms with Gasteiger partial charge in [-0.1, -0.05) is 30.3 Å². The highest BCUT2D eigenvalue weighted by Gasteiger charge is 2.25. The molecule has 0 bridgehead atoms. The molecule has 0 unspecified atom stereocenters. The lowest BCUT2D eigenvalue weighted by Gasteiger charge is -2.28. The number of benzene rings is 3. The van der Waals surface area contributed by atoms with E-state index in [2.05, 4.69) is 0 Å². The third-order valence-corrected chi connectivity index (χ3v) is 4.68. The molecule has 3 aromatic rings. The lowest BCUT2D eigenvalue weighted by atomic mass is 10.1. The Kier molecular flexibility index (Phi) is 5.95.